The minimum atomic E-state index is -0.741. The summed E-state index contributed by atoms with van der Waals surface area (Å²) in [5, 5.41) is 8.79. The van der Waals surface area contributed by atoms with Crippen LogP contribution in [0.4, 0.5) is 0 Å². The van der Waals surface area contributed by atoms with E-state index in [9.17, 15) is 19.2 Å². The maximum absolute atomic E-state index is 14.2. The van der Waals surface area contributed by atoms with E-state index in [2.05, 4.69) is 29.5 Å². The summed E-state index contributed by atoms with van der Waals surface area (Å²) in [6.45, 7) is 16.2. The van der Waals surface area contributed by atoms with Crippen LogP contribution in [0.25, 0.3) is 0 Å². The number of nitrogens with one attached hydrogen (secondary N) is 2. The van der Waals surface area contributed by atoms with Crippen molar-refractivity contribution in [2.75, 3.05) is 41.9 Å². The van der Waals surface area contributed by atoms with Crippen LogP contribution in [0, 0.1) is 23.7 Å². The van der Waals surface area contributed by atoms with Crippen LogP contribution in [-0.4, -0.2) is 122 Å². The summed E-state index contributed by atoms with van der Waals surface area (Å²) < 4.78 is 11.9. The Morgan fingerprint density at radius 3 is 2.12 bits per heavy atom. The molecular formula is C36H64N6O6S. The molecule has 13 heteroatoms. The molecule has 2 heterocycles. The van der Waals surface area contributed by atoms with Crippen LogP contribution in [0.1, 0.15) is 92.1 Å². The Morgan fingerprint density at radius 2 is 1.63 bits per heavy atom. The number of hydrogen-bond acceptors (Lipinski definition) is 9. The molecule has 4 amide bonds. The number of likely N-dealkylation sites (N-methyl/N-ethyl adjacent to an activating group) is 2. The summed E-state index contributed by atoms with van der Waals surface area (Å²) in [6.07, 6.45) is 2.96. The summed E-state index contributed by atoms with van der Waals surface area (Å²) in [5.41, 5.74) is 0. The first-order chi connectivity index (χ1) is 23.0. The van der Waals surface area contributed by atoms with Crippen molar-refractivity contribution in [1.82, 2.24) is 30.3 Å². The second-order valence-corrected chi connectivity index (χ2v) is 15.5. The second-order valence-electron chi connectivity index (χ2n) is 14.6. The smallest absolute Gasteiger partial charge is 0.245 e. The van der Waals surface area contributed by atoms with Crippen LogP contribution in [0.2, 0.25) is 0 Å². The van der Waals surface area contributed by atoms with Crippen molar-refractivity contribution in [2.24, 2.45) is 23.7 Å². The summed E-state index contributed by atoms with van der Waals surface area (Å²) in [6, 6.07) is -2.06. The lowest BCUT2D eigenvalue weighted by Gasteiger charge is -2.41. The average molecular weight is 709 g/mol. The summed E-state index contributed by atoms with van der Waals surface area (Å²) >= 11 is 1.49. The van der Waals surface area contributed by atoms with Gasteiger partial charge in [0.15, 0.2) is 0 Å². The standard InChI is InChI=1S/C36H64N6O6S/c1-14-23(6)31(41(11)36(46)29(21(2)3)39-34(45)30(22(4)5)40(9)10)27(47-12)20-28(43)42-18-15-16-26(42)32(48-13)24(7)33(44)38-25(8)35-37-17-19-49-35/h17,19,21-27,29-32H,14-16,18,20H2,1-13H3,(H,38,44)(H,39,45)/t23-,24+,25-,26-,27+,29-,30-,31-,32+/m0/s1. The zero-order valence-electron chi connectivity index (χ0n) is 32.2. The lowest BCUT2D eigenvalue weighted by Crippen LogP contribution is -2.59. The number of rotatable bonds is 19. The van der Waals surface area contributed by atoms with Crippen LogP contribution < -0.4 is 10.6 Å². The third-order valence-electron chi connectivity index (χ3n) is 10.1. The fourth-order valence-electron chi connectivity index (χ4n) is 7.27. The fourth-order valence-corrected chi connectivity index (χ4v) is 7.91. The molecule has 0 spiro atoms. The van der Waals surface area contributed by atoms with Gasteiger partial charge in [-0.3, -0.25) is 24.1 Å². The van der Waals surface area contributed by atoms with E-state index < -0.39 is 30.2 Å². The van der Waals surface area contributed by atoms with Crippen molar-refractivity contribution in [1.29, 1.82) is 0 Å². The zero-order valence-corrected chi connectivity index (χ0v) is 33.0. The Hall–Kier alpha value is -2.61. The predicted molar refractivity (Wildman–Crippen MR) is 194 cm³/mol. The number of carbonyl (C=O) groups is 4. The molecule has 1 aliphatic heterocycles. The van der Waals surface area contributed by atoms with Crippen LogP contribution >= 0.6 is 11.3 Å². The fraction of sp³-hybridized carbons (Fsp3) is 0.806. The lowest BCUT2D eigenvalue weighted by molar-refractivity contribution is -0.148. The molecule has 1 saturated heterocycles. The molecule has 0 aliphatic carbocycles. The van der Waals surface area contributed by atoms with Crippen LogP contribution in [0.15, 0.2) is 11.6 Å². The monoisotopic (exact) mass is 708 g/mol. The van der Waals surface area contributed by atoms with Crippen molar-refractivity contribution >= 4 is 35.0 Å². The van der Waals surface area contributed by atoms with Gasteiger partial charge in [0.2, 0.25) is 23.6 Å². The molecule has 2 rings (SSSR count). The van der Waals surface area contributed by atoms with Gasteiger partial charge >= 0.3 is 0 Å². The highest BCUT2D eigenvalue weighted by Crippen LogP contribution is 2.30. The van der Waals surface area contributed by atoms with Gasteiger partial charge in [0.25, 0.3) is 0 Å². The van der Waals surface area contributed by atoms with Crippen molar-refractivity contribution in [2.45, 2.75) is 123 Å². The van der Waals surface area contributed by atoms with E-state index in [-0.39, 0.29) is 65.9 Å². The quantitative estimate of drug-likeness (QED) is 0.221. The molecule has 9 atom stereocenters. The molecule has 1 aromatic heterocycles. The van der Waals surface area contributed by atoms with Gasteiger partial charge in [-0.15, -0.1) is 11.3 Å². The summed E-state index contributed by atoms with van der Waals surface area (Å²) in [4.78, 5) is 64.6. The minimum absolute atomic E-state index is 0.00467. The molecule has 0 radical (unpaired) electrons. The molecule has 2 N–H and O–H groups in total. The van der Waals surface area contributed by atoms with Gasteiger partial charge in [0.1, 0.15) is 11.0 Å². The van der Waals surface area contributed by atoms with Crippen molar-refractivity contribution in [3.8, 4) is 0 Å². The number of carbonyl (C=O) groups excluding carboxylic acids is 4. The number of aromatic nitrogens is 1. The Balaban J connectivity index is 2.26. The van der Waals surface area contributed by atoms with Gasteiger partial charge in [0, 0.05) is 39.4 Å². The molecule has 0 aromatic carbocycles. The summed E-state index contributed by atoms with van der Waals surface area (Å²) in [5.74, 6) is -1.26. The van der Waals surface area contributed by atoms with Gasteiger partial charge in [-0.1, -0.05) is 54.9 Å². The number of amides is 4. The molecule has 1 fully saturated rings. The minimum Gasteiger partial charge on any atom is -0.379 e. The molecule has 1 aromatic rings. The van der Waals surface area contributed by atoms with E-state index in [1.54, 1.807) is 32.4 Å². The van der Waals surface area contributed by atoms with Crippen LogP contribution in [-0.2, 0) is 28.7 Å². The lowest BCUT2D eigenvalue weighted by atomic mass is 9.89. The van der Waals surface area contributed by atoms with Gasteiger partial charge in [-0.25, -0.2) is 4.98 Å². The van der Waals surface area contributed by atoms with Crippen molar-refractivity contribution in [3.63, 3.8) is 0 Å². The van der Waals surface area contributed by atoms with Crippen LogP contribution in [0.5, 0.6) is 0 Å². The van der Waals surface area contributed by atoms with Gasteiger partial charge in [-0.2, -0.15) is 0 Å². The predicted octanol–water partition coefficient (Wildman–Crippen LogP) is 3.97. The first kappa shape index (κ1) is 42.6. The van der Waals surface area contributed by atoms with E-state index in [1.165, 1.54) is 11.3 Å². The highest BCUT2D eigenvalue weighted by molar-refractivity contribution is 7.09. The third-order valence-corrected chi connectivity index (χ3v) is 11.1. The van der Waals surface area contributed by atoms with E-state index in [1.807, 2.05) is 70.8 Å². The first-order valence-electron chi connectivity index (χ1n) is 17.8. The number of hydrogen-bond donors (Lipinski definition) is 2. The Bertz CT molecular complexity index is 1190. The number of ether oxygens (including phenoxy) is 2. The first-order valence-corrected chi connectivity index (χ1v) is 18.7. The van der Waals surface area contributed by atoms with Crippen molar-refractivity contribution < 1.29 is 28.7 Å². The van der Waals surface area contributed by atoms with Crippen molar-refractivity contribution in [3.05, 3.63) is 16.6 Å². The molecule has 0 saturated carbocycles. The van der Waals surface area contributed by atoms with Gasteiger partial charge < -0.3 is 29.9 Å². The van der Waals surface area contributed by atoms with E-state index in [0.29, 0.717) is 6.54 Å². The molecule has 280 valence electrons. The Morgan fingerprint density at radius 1 is 0.980 bits per heavy atom. The molecule has 1 aliphatic rings. The number of likely N-dealkylation sites (tertiary alicyclic amines) is 1. The number of nitrogens with zero attached hydrogens (tertiary/aromatic N) is 4. The third kappa shape index (κ3) is 10.9. The largest absolute Gasteiger partial charge is 0.379 e. The molecule has 12 nitrogen and oxygen atoms in total. The molecule has 49 heavy (non-hydrogen) atoms. The zero-order chi connectivity index (χ0) is 37.2. The highest BCUT2D eigenvalue weighted by Gasteiger charge is 2.43. The van der Waals surface area contributed by atoms with Gasteiger partial charge in [-0.05, 0) is 51.6 Å². The Labute approximate surface area is 299 Å². The SMILES string of the molecule is CC[C@H](C)[C@@H]([C@@H](CC(=O)N1CCC[C@H]1[C@H](OC)[C@@H](C)C(=O)N[C@@H](C)c1nccs1)OC)N(C)C(=O)[C@@H](NC(=O)[C@H](C(C)C)N(C)C)C(C)C. The summed E-state index contributed by atoms with van der Waals surface area (Å²) in [7, 11) is 8.63. The number of methoxy groups -OCH3 is 2. The normalized spacial score (nSPS) is 20.0. The molecule has 0 bridgehead atoms. The Kier molecular flexibility index (Phi) is 17.1. The van der Waals surface area contributed by atoms with E-state index >= 15 is 0 Å². The topological polar surface area (TPSA) is 133 Å². The van der Waals surface area contributed by atoms with E-state index in [4.69, 9.17) is 9.47 Å². The second kappa shape index (κ2) is 19.7. The number of thiazole rings is 1. The average Bonchev–Trinajstić information content (AvgIpc) is 3.76. The molecule has 0 unspecified atom stereocenters. The van der Waals surface area contributed by atoms with E-state index in [0.717, 1.165) is 24.3 Å². The highest BCUT2D eigenvalue weighted by atomic mass is 32.1. The molecular weight excluding hydrogens is 644 g/mol. The maximum atomic E-state index is 14.2. The maximum Gasteiger partial charge on any atom is 0.245 e. The van der Waals surface area contributed by atoms with Crippen LogP contribution in [0.3, 0.4) is 0 Å². The van der Waals surface area contributed by atoms with Gasteiger partial charge in [0.05, 0.1) is 48.7 Å².